The van der Waals surface area contributed by atoms with Crippen molar-refractivity contribution in [3.05, 3.63) is 63.7 Å². The first-order valence-electron chi connectivity index (χ1n) is 8.49. The molecule has 0 spiro atoms. The highest BCUT2D eigenvalue weighted by molar-refractivity contribution is 7.08. The lowest BCUT2D eigenvalue weighted by Crippen LogP contribution is -2.27. The lowest BCUT2D eigenvalue weighted by Gasteiger charge is -2.33. The highest BCUT2D eigenvalue weighted by Gasteiger charge is 2.24. The molecule has 1 aromatic carbocycles. The number of thiophene rings is 1. The minimum Gasteiger partial charge on any atom is -0.441 e. The average Bonchev–Trinajstić information content (AvgIpc) is 3.25. The summed E-state index contributed by atoms with van der Waals surface area (Å²) in [4.78, 5) is 7.16. The normalized spacial score (nSPS) is 17.2. The lowest BCUT2D eigenvalue weighted by molar-refractivity contribution is 0.210. The maximum atomic E-state index is 5.89. The number of hydrogen-bond acceptors (Lipinski definition) is 4. The summed E-state index contributed by atoms with van der Waals surface area (Å²) in [7, 11) is 2.20. The van der Waals surface area contributed by atoms with Crippen molar-refractivity contribution in [2.24, 2.45) is 0 Å². The number of rotatable bonds is 4. The van der Waals surface area contributed by atoms with Crippen LogP contribution in [0, 0.1) is 6.92 Å². The first-order valence-corrected chi connectivity index (χ1v) is 9.43. The summed E-state index contributed by atoms with van der Waals surface area (Å²) in [6.07, 6.45) is 3.66. The zero-order chi connectivity index (χ0) is 16.5. The van der Waals surface area contributed by atoms with Crippen LogP contribution in [0.5, 0.6) is 0 Å². The van der Waals surface area contributed by atoms with Crippen LogP contribution in [0.15, 0.2) is 45.5 Å². The number of oxazole rings is 1. The standard InChI is InChI=1S/C20H22N2OS/c1-14-18(21-20(23-14)16-10-11-24-13-16)12-22(2)19-9-5-7-15-6-3-4-8-17(15)19/h3-4,6,8,10-11,13,19H,5,7,9,12H2,1-2H3. The Bertz CT molecular complexity index is 822. The molecule has 0 aliphatic heterocycles. The number of benzene rings is 1. The van der Waals surface area contributed by atoms with Gasteiger partial charge in [0, 0.05) is 23.5 Å². The summed E-state index contributed by atoms with van der Waals surface area (Å²) in [6, 6.07) is 11.4. The number of fused-ring (bicyclic) bond motifs is 1. The molecule has 4 heteroatoms. The first kappa shape index (κ1) is 15.6. The second-order valence-electron chi connectivity index (χ2n) is 6.56. The molecule has 1 atom stereocenters. The molecule has 0 bridgehead atoms. The van der Waals surface area contributed by atoms with Gasteiger partial charge in [-0.25, -0.2) is 4.98 Å². The molecule has 3 nitrogen and oxygen atoms in total. The van der Waals surface area contributed by atoms with Gasteiger partial charge in [-0.1, -0.05) is 24.3 Å². The van der Waals surface area contributed by atoms with Crippen molar-refractivity contribution in [1.29, 1.82) is 0 Å². The summed E-state index contributed by atoms with van der Waals surface area (Å²) >= 11 is 1.67. The molecule has 0 fully saturated rings. The van der Waals surface area contributed by atoms with Crippen LogP contribution in [0.25, 0.3) is 11.5 Å². The molecule has 0 N–H and O–H groups in total. The van der Waals surface area contributed by atoms with Crippen LogP contribution in [-0.2, 0) is 13.0 Å². The smallest absolute Gasteiger partial charge is 0.227 e. The van der Waals surface area contributed by atoms with E-state index in [0.29, 0.717) is 6.04 Å². The molecule has 24 heavy (non-hydrogen) atoms. The van der Waals surface area contributed by atoms with E-state index in [9.17, 15) is 0 Å². The van der Waals surface area contributed by atoms with Gasteiger partial charge < -0.3 is 4.42 Å². The molecule has 4 rings (SSSR count). The van der Waals surface area contributed by atoms with Crippen LogP contribution < -0.4 is 0 Å². The molecule has 0 radical (unpaired) electrons. The summed E-state index contributed by atoms with van der Waals surface area (Å²) in [5.74, 6) is 1.66. The molecule has 1 unspecified atom stereocenters. The SMILES string of the molecule is Cc1oc(-c2ccsc2)nc1CN(C)C1CCCc2ccccc21. The second kappa shape index (κ2) is 6.54. The Morgan fingerprint density at radius 2 is 2.17 bits per heavy atom. The lowest BCUT2D eigenvalue weighted by atomic mass is 9.87. The number of nitrogens with zero attached hydrogens (tertiary/aromatic N) is 2. The third-order valence-corrected chi connectivity index (χ3v) is 5.61. The van der Waals surface area contributed by atoms with Gasteiger partial charge in [0.25, 0.3) is 0 Å². The van der Waals surface area contributed by atoms with E-state index < -0.39 is 0 Å². The third-order valence-electron chi connectivity index (χ3n) is 4.93. The molecular weight excluding hydrogens is 316 g/mol. The monoisotopic (exact) mass is 338 g/mol. The van der Waals surface area contributed by atoms with Gasteiger partial charge in [-0.05, 0) is 55.8 Å². The van der Waals surface area contributed by atoms with E-state index in [1.807, 2.05) is 6.92 Å². The highest BCUT2D eigenvalue weighted by Crippen LogP contribution is 2.34. The van der Waals surface area contributed by atoms with Crippen LogP contribution >= 0.6 is 11.3 Å². The van der Waals surface area contributed by atoms with Gasteiger partial charge in [0.15, 0.2) is 0 Å². The Morgan fingerprint density at radius 3 is 3.00 bits per heavy atom. The summed E-state index contributed by atoms with van der Waals surface area (Å²) in [5, 5.41) is 4.13. The molecule has 2 heterocycles. The van der Waals surface area contributed by atoms with Crippen molar-refractivity contribution in [3.63, 3.8) is 0 Å². The molecule has 0 saturated carbocycles. The predicted molar refractivity (Wildman–Crippen MR) is 98.1 cm³/mol. The van der Waals surface area contributed by atoms with Crippen molar-refractivity contribution in [2.45, 2.75) is 38.8 Å². The van der Waals surface area contributed by atoms with Crippen molar-refractivity contribution in [3.8, 4) is 11.5 Å². The maximum absolute atomic E-state index is 5.89. The van der Waals surface area contributed by atoms with Crippen molar-refractivity contribution < 1.29 is 4.42 Å². The van der Waals surface area contributed by atoms with Crippen molar-refractivity contribution in [1.82, 2.24) is 9.88 Å². The maximum Gasteiger partial charge on any atom is 0.227 e. The molecule has 124 valence electrons. The van der Waals surface area contributed by atoms with Crippen molar-refractivity contribution >= 4 is 11.3 Å². The van der Waals surface area contributed by atoms with Gasteiger partial charge in [0.05, 0.1) is 5.69 Å². The van der Waals surface area contributed by atoms with Crippen LogP contribution in [0.2, 0.25) is 0 Å². The Labute approximate surface area is 147 Å². The molecule has 1 aliphatic rings. The van der Waals surface area contributed by atoms with E-state index >= 15 is 0 Å². The fourth-order valence-corrected chi connectivity index (χ4v) is 4.25. The summed E-state index contributed by atoms with van der Waals surface area (Å²) < 4.78 is 5.89. The Balaban J connectivity index is 1.56. The van der Waals surface area contributed by atoms with Crippen LogP contribution in [-0.4, -0.2) is 16.9 Å². The summed E-state index contributed by atoms with van der Waals surface area (Å²) in [5.41, 5.74) is 5.09. The van der Waals surface area contributed by atoms with Crippen molar-refractivity contribution in [2.75, 3.05) is 7.05 Å². The summed E-state index contributed by atoms with van der Waals surface area (Å²) in [6.45, 7) is 2.83. The minimum absolute atomic E-state index is 0.468. The van der Waals surface area contributed by atoms with E-state index in [2.05, 4.69) is 53.0 Å². The minimum atomic E-state index is 0.468. The van der Waals surface area contributed by atoms with Gasteiger partial charge in [-0.3, -0.25) is 4.90 Å². The largest absolute Gasteiger partial charge is 0.441 e. The first-order chi connectivity index (χ1) is 11.7. The van der Waals surface area contributed by atoms with E-state index in [4.69, 9.17) is 9.40 Å². The third kappa shape index (κ3) is 2.92. The molecular formula is C20H22N2OS. The zero-order valence-electron chi connectivity index (χ0n) is 14.2. The van der Waals surface area contributed by atoms with E-state index in [0.717, 1.165) is 29.5 Å². The van der Waals surface area contributed by atoms with Crippen LogP contribution in [0.1, 0.15) is 41.5 Å². The van der Waals surface area contributed by atoms with Gasteiger partial charge in [0.1, 0.15) is 5.76 Å². The average molecular weight is 338 g/mol. The fraction of sp³-hybridized carbons (Fsp3) is 0.350. The Morgan fingerprint density at radius 1 is 1.29 bits per heavy atom. The van der Waals surface area contributed by atoms with Gasteiger partial charge in [-0.2, -0.15) is 11.3 Å². The van der Waals surface area contributed by atoms with E-state index in [-0.39, 0.29) is 0 Å². The topological polar surface area (TPSA) is 29.3 Å². The number of hydrogen-bond donors (Lipinski definition) is 0. The number of aryl methyl sites for hydroxylation is 2. The molecule has 1 aliphatic carbocycles. The molecule has 0 amide bonds. The molecule has 0 saturated heterocycles. The van der Waals surface area contributed by atoms with Crippen LogP contribution in [0.3, 0.4) is 0 Å². The zero-order valence-corrected chi connectivity index (χ0v) is 15.0. The van der Waals surface area contributed by atoms with Crippen LogP contribution in [0.4, 0.5) is 0 Å². The van der Waals surface area contributed by atoms with E-state index in [1.165, 1.54) is 30.4 Å². The van der Waals surface area contributed by atoms with Gasteiger partial charge in [0.2, 0.25) is 5.89 Å². The van der Waals surface area contributed by atoms with Gasteiger partial charge >= 0.3 is 0 Å². The molecule has 3 aromatic rings. The predicted octanol–water partition coefficient (Wildman–Crippen LogP) is 5.22. The second-order valence-corrected chi connectivity index (χ2v) is 7.34. The number of aromatic nitrogens is 1. The molecule has 2 aromatic heterocycles. The van der Waals surface area contributed by atoms with E-state index in [1.54, 1.807) is 11.3 Å². The highest BCUT2D eigenvalue weighted by atomic mass is 32.1. The quantitative estimate of drug-likeness (QED) is 0.653. The fourth-order valence-electron chi connectivity index (χ4n) is 3.62. The Kier molecular flexibility index (Phi) is 4.25. The Hall–Kier alpha value is -1.91. The van der Waals surface area contributed by atoms with Gasteiger partial charge in [-0.15, -0.1) is 0 Å².